The van der Waals surface area contributed by atoms with Crippen LogP contribution in [0.25, 0.3) is 10.9 Å². The summed E-state index contributed by atoms with van der Waals surface area (Å²) in [4.78, 5) is 20.6. The summed E-state index contributed by atoms with van der Waals surface area (Å²) >= 11 is 0. The van der Waals surface area contributed by atoms with Gasteiger partial charge in [-0.05, 0) is 36.1 Å². The average molecular weight is 359 g/mol. The van der Waals surface area contributed by atoms with Gasteiger partial charge in [0.15, 0.2) is 0 Å². The summed E-state index contributed by atoms with van der Waals surface area (Å²) in [6.07, 6.45) is 2.37. The molecule has 0 N–H and O–H groups in total. The molecule has 1 aliphatic heterocycles. The zero-order valence-electron chi connectivity index (χ0n) is 15.4. The van der Waals surface area contributed by atoms with Crippen molar-refractivity contribution < 1.29 is 13.9 Å². The molecule has 5 nitrogen and oxygen atoms in total. The molecule has 140 valence electrons. The predicted octanol–water partition coefficient (Wildman–Crippen LogP) is 3.67. The van der Waals surface area contributed by atoms with Gasteiger partial charge in [-0.15, -0.1) is 0 Å². The fourth-order valence-electron chi connectivity index (χ4n) is 3.23. The molecule has 1 saturated heterocycles. The minimum atomic E-state index is -0.241. The molecule has 6 heteroatoms. The van der Waals surface area contributed by atoms with Crippen LogP contribution in [0.4, 0.5) is 9.18 Å². The number of rotatable bonds is 4. The van der Waals surface area contributed by atoms with Crippen molar-refractivity contribution in [3.63, 3.8) is 0 Å². The fourth-order valence-corrected chi connectivity index (χ4v) is 3.23. The summed E-state index contributed by atoms with van der Waals surface area (Å²) < 4.78 is 19.3. The van der Waals surface area contributed by atoms with Gasteiger partial charge < -0.3 is 9.64 Å². The van der Waals surface area contributed by atoms with Crippen molar-refractivity contribution in [3.05, 3.63) is 41.8 Å². The van der Waals surface area contributed by atoms with Crippen LogP contribution in [0.3, 0.4) is 0 Å². The van der Waals surface area contributed by atoms with Gasteiger partial charge in [0.1, 0.15) is 5.82 Å². The van der Waals surface area contributed by atoms with Crippen LogP contribution < -0.4 is 0 Å². The largest absolute Gasteiger partial charge is 0.449 e. The quantitative estimate of drug-likeness (QED) is 0.835. The fraction of sp³-hybridized carbons (Fsp3) is 0.500. The number of fused-ring (bicyclic) bond motifs is 1. The van der Waals surface area contributed by atoms with Crippen LogP contribution in [0, 0.1) is 11.7 Å². The lowest BCUT2D eigenvalue weighted by Crippen LogP contribution is -2.36. The van der Waals surface area contributed by atoms with Gasteiger partial charge in [-0.3, -0.25) is 9.88 Å². The van der Waals surface area contributed by atoms with Gasteiger partial charge in [0.05, 0.1) is 12.1 Å². The summed E-state index contributed by atoms with van der Waals surface area (Å²) in [6, 6.07) is 6.78. The third kappa shape index (κ3) is 4.69. The monoisotopic (exact) mass is 359 g/mol. The highest BCUT2D eigenvalue weighted by atomic mass is 19.1. The zero-order chi connectivity index (χ0) is 18.5. The normalized spacial score (nSPS) is 16.1. The van der Waals surface area contributed by atoms with Gasteiger partial charge in [-0.2, -0.15) is 0 Å². The Morgan fingerprint density at radius 3 is 2.92 bits per heavy atom. The van der Waals surface area contributed by atoms with E-state index in [4.69, 9.17) is 4.74 Å². The number of amides is 1. The SMILES string of the molecule is CC(C)COC(=O)N1CCCN(Cc2cc(F)cc3cccnc23)CC1. The van der Waals surface area contributed by atoms with Crippen molar-refractivity contribution in [1.82, 2.24) is 14.8 Å². The minimum absolute atomic E-state index is 0.238. The molecule has 0 atom stereocenters. The van der Waals surface area contributed by atoms with Gasteiger partial charge in [-0.1, -0.05) is 19.9 Å². The smallest absolute Gasteiger partial charge is 0.409 e. The molecule has 2 heterocycles. The number of nitrogens with zero attached hydrogens (tertiary/aromatic N) is 3. The van der Waals surface area contributed by atoms with E-state index in [2.05, 4.69) is 9.88 Å². The summed E-state index contributed by atoms with van der Waals surface area (Å²) in [5.74, 6) is 0.0883. The average Bonchev–Trinajstić information content (AvgIpc) is 2.85. The topological polar surface area (TPSA) is 45.7 Å². The lowest BCUT2D eigenvalue weighted by molar-refractivity contribution is 0.0930. The highest BCUT2D eigenvalue weighted by Crippen LogP contribution is 2.20. The number of carbonyl (C=O) groups excluding carboxylic acids is 1. The number of pyridine rings is 1. The first-order chi connectivity index (χ1) is 12.5. The molecule has 1 aromatic carbocycles. The Labute approximate surface area is 153 Å². The van der Waals surface area contributed by atoms with E-state index < -0.39 is 0 Å². The highest BCUT2D eigenvalue weighted by Gasteiger charge is 2.21. The molecule has 0 unspecified atom stereocenters. The zero-order valence-corrected chi connectivity index (χ0v) is 15.4. The lowest BCUT2D eigenvalue weighted by atomic mass is 10.1. The van der Waals surface area contributed by atoms with Gasteiger partial charge in [-0.25, -0.2) is 9.18 Å². The molecule has 2 aromatic rings. The molecular formula is C20H26FN3O2. The second-order valence-electron chi connectivity index (χ2n) is 7.23. The van der Waals surface area contributed by atoms with Crippen LogP contribution in [-0.4, -0.2) is 53.7 Å². The molecule has 0 radical (unpaired) electrons. The van der Waals surface area contributed by atoms with E-state index in [1.165, 1.54) is 6.07 Å². The maximum Gasteiger partial charge on any atom is 0.409 e. The van der Waals surface area contributed by atoms with E-state index in [-0.39, 0.29) is 11.9 Å². The van der Waals surface area contributed by atoms with Crippen LogP contribution in [0.2, 0.25) is 0 Å². The molecule has 1 aliphatic rings. The number of carbonyl (C=O) groups is 1. The number of hydrogen-bond donors (Lipinski definition) is 0. The standard InChI is InChI=1S/C20H26FN3O2/c1-15(2)14-26-20(25)24-8-4-7-23(9-10-24)13-17-12-18(21)11-16-5-3-6-22-19(16)17/h3,5-6,11-12,15H,4,7-10,13-14H2,1-2H3. The van der Waals surface area contributed by atoms with E-state index in [0.717, 1.165) is 36.0 Å². The molecule has 0 aliphatic carbocycles. The molecule has 0 bridgehead atoms. The van der Waals surface area contributed by atoms with Gasteiger partial charge in [0.2, 0.25) is 0 Å². The van der Waals surface area contributed by atoms with E-state index in [9.17, 15) is 9.18 Å². The molecule has 0 spiro atoms. The number of aromatic nitrogens is 1. The molecule has 1 fully saturated rings. The Balaban J connectivity index is 1.64. The molecular weight excluding hydrogens is 333 g/mol. The molecule has 1 aromatic heterocycles. The third-order valence-corrected chi connectivity index (χ3v) is 4.53. The first-order valence-corrected chi connectivity index (χ1v) is 9.20. The van der Waals surface area contributed by atoms with Crippen LogP contribution in [0.15, 0.2) is 30.5 Å². The number of hydrogen-bond acceptors (Lipinski definition) is 4. The van der Waals surface area contributed by atoms with E-state index in [0.29, 0.717) is 32.2 Å². The third-order valence-electron chi connectivity index (χ3n) is 4.53. The highest BCUT2D eigenvalue weighted by molar-refractivity contribution is 5.81. The van der Waals surface area contributed by atoms with Crippen LogP contribution in [-0.2, 0) is 11.3 Å². The van der Waals surface area contributed by atoms with Crippen molar-refractivity contribution in [3.8, 4) is 0 Å². The van der Waals surface area contributed by atoms with Crippen molar-refractivity contribution >= 4 is 17.0 Å². The summed E-state index contributed by atoms with van der Waals surface area (Å²) in [5, 5.41) is 0.816. The van der Waals surface area contributed by atoms with Crippen LogP contribution in [0.5, 0.6) is 0 Å². The number of halogens is 1. The second kappa shape index (κ2) is 8.45. The summed E-state index contributed by atoms with van der Waals surface area (Å²) in [7, 11) is 0. The molecule has 0 saturated carbocycles. The second-order valence-corrected chi connectivity index (χ2v) is 7.23. The van der Waals surface area contributed by atoms with Crippen molar-refractivity contribution in [2.75, 3.05) is 32.8 Å². The van der Waals surface area contributed by atoms with Crippen LogP contribution >= 0.6 is 0 Å². The number of ether oxygens (including phenoxy) is 1. The lowest BCUT2D eigenvalue weighted by Gasteiger charge is -2.22. The Morgan fingerprint density at radius 1 is 1.27 bits per heavy atom. The van der Waals surface area contributed by atoms with Gasteiger partial charge in [0.25, 0.3) is 0 Å². The minimum Gasteiger partial charge on any atom is -0.449 e. The molecule has 3 rings (SSSR count). The van der Waals surface area contributed by atoms with Crippen molar-refractivity contribution in [2.45, 2.75) is 26.8 Å². The Hall–Kier alpha value is -2.21. The Kier molecular flexibility index (Phi) is 6.04. The summed E-state index contributed by atoms with van der Waals surface area (Å²) in [5.41, 5.74) is 1.72. The summed E-state index contributed by atoms with van der Waals surface area (Å²) in [6.45, 7) is 8.03. The van der Waals surface area contributed by atoms with E-state index in [1.807, 2.05) is 26.0 Å². The molecule has 26 heavy (non-hydrogen) atoms. The van der Waals surface area contributed by atoms with Gasteiger partial charge in [0, 0.05) is 44.3 Å². The molecule has 1 amide bonds. The maximum atomic E-state index is 13.9. The Morgan fingerprint density at radius 2 is 2.12 bits per heavy atom. The first-order valence-electron chi connectivity index (χ1n) is 9.20. The maximum absolute atomic E-state index is 13.9. The van der Waals surface area contributed by atoms with Crippen molar-refractivity contribution in [1.29, 1.82) is 0 Å². The van der Waals surface area contributed by atoms with Crippen LogP contribution in [0.1, 0.15) is 25.8 Å². The van der Waals surface area contributed by atoms with E-state index in [1.54, 1.807) is 17.2 Å². The number of benzene rings is 1. The van der Waals surface area contributed by atoms with E-state index >= 15 is 0 Å². The Bertz CT molecular complexity index is 766. The van der Waals surface area contributed by atoms with Crippen molar-refractivity contribution in [2.24, 2.45) is 5.92 Å². The van der Waals surface area contributed by atoms with Gasteiger partial charge >= 0.3 is 6.09 Å². The first kappa shape index (κ1) is 18.6. The predicted molar refractivity (Wildman–Crippen MR) is 99.4 cm³/mol.